The molecule has 33 heavy (non-hydrogen) atoms. The fraction of sp³-hybridized carbons (Fsp3) is 0.364. The van der Waals surface area contributed by atoms with Crippen LogP contribution in [0.5, 0.6) is 0 Å². The van der Waals surface area contributed by atoms with Crippen LogP contribution in [0.15, 0.2) is 47.5 Å². The average molecular weight is 484 g/mol. The summed E-state index contributed by atoms with van der Waals surface area (Å²) in [7, 11) is -3.47. The zero-order valence-electron chi connectivity index (χ0n) is 17.8. The smallest absolute Gasteiger partial charge is 0.475 e. The van der Waals surface area contributed by atoms with Gasteiger partial charge in [-0.1, -0.05) is 31.4 Å². The van der Waals surface area contributed by atoms with Crippen molar-refractivity contribution in [2.45, 2.75) is 56.1 Å². The highest BCUT2D eigenvalue weighted by Crippen LogP contribution is 2.29. The third-order valence-corrected chi connectivity index (χ3v) is 6.85. The lowest BCUT2D eigenvalue weighted by atomic mass is 9.96. The highest BCUT2D eigenvalue weighted by Gasteiger charge is 2.38. The Kier molecular flexibility index (Phi) is 7.43. The number of benzene rings is 1. The Balaban J connectivity index is 0.000000383. The number of nitrogens with zero attached hydrogens (tertiary/aromatic N) is 1. The summed E-state index contributed by atoms with van der Waals surface area (Å²) in [5.74, 6) is -2.76. The van der Waals surface area contributed by atoms with E-state index in [4.69, 9.17) is 9.90 Å². The minimum absolute atomic E-state index is 0.0658. The molecule has 1 saturated carbocycles. The number of pyridine rings is 1. The summed E-state index contributed by atoms with van der Waals surface area (Å²) in [4.78, 5) is 16.8. The van der Waals surface area contributed by atoms with Gasteiger partial charge in [0.15, 0.2) is 0 Å². The van der Waals surface area contributed by atoms with Crippen LogP contribution in [-0.2, 0) is 14.8 Å². The van der Waals surface area contributed by atoms with Gasteiger partial charge in [-0.25, -0.2) is 22.9 Å². The molecule has 0 saturated heterocycles. The van der Waals surface area contributed by atoms with Crippen LogP contribution >= 0.6 is 0 Å². The van der Waals surface area contributed by atoms with E-state index in [1.54, 1.807) is 18.3 Å². The van der Waals surface area contributed by atoms with E-state index in [0.717, 1.165) is 53.5 Å². The summed E-state index contributed by atoms with van der Waals surface area (Å²) < 4.78 is 59.9. The number of fused-ring (bicyclic) bond motifs is 1. The molecule has 3 aromatic rings. The molecule has 1 aromatic carbocycles. The second-order valence-electron chi connectivity index (χ2n) is 7.86. The van der Waals surface area contributed by atoms with Crippen molar-refractivity contribution in [1.82, 2.24) is 14.7 Å². The molecule has 0 spiro atoms. The predicted octanol–water partition coefficient (Wildman–Crippen LogP) is 4.78. The van der Waals surface area contributed by atoms with Gasteiger partial charge in [-0.15, -0.1) is 0 Å². The minimum atomic E-state index is -5.08. The first kappa shape index (κ1) is 24.7. The van der Waals surface area contributed by atoms with Crippen LogP contribution in [0.25, 0.3) is 22.2 Å². The van der Waals surface area contributed by atoms with E-state index < -0.39 is 22.2 Å². The Labute approximate surface area is 189 Å². The van der Waals surface area contributed by atoms with Gasteiger partial charge in [0.1, 0.15) is 5.65 Å². The number of H-pyrrole nitrogens is 1. The maximum atomic E-state index is 12.6. The molecule has 1 aliphatic rings. The summed E-state index contributed by atoms with van der Waals surface area (Å²) in [6, 6.07) is 11.2. The van der Waals surface area contributed by atoms with E-state index in [1.165, 1.54) is 6.42 Å². The fourth-order valence-electron chi connectivity index (χ4n) is 3.73. The molecule has 2 aromatic heterocycles. The van der Waals surface area contributed by atoms with Gasteiger partial charge in [-0.05, 0) is 55.2 Å². The minimum Gasteiger partial charge on any atom is -0.475 e. The number of carbonyl (C=O) groups is 1. The molecule has 11 heteroatoms. The molecule has 0 radical (unpaired) electrons. The maximum Gasteiger partial charge on any atom is 0.490 e. The van der Waals surface area contributed by atoms with Gasteiger partial charge in [0.25, 0.3) is 0 Å². The number of hydrogen-bond acceptors (Lipinski definition) is 4. The number of halogens is 3. The third kappa shape index (κ3) is 6.32. The van der Waals surface area contributed by atoms with Crippen LogP contribution in [0.3, 0.4) is 0 Å². The van der Waals surface area contributed by atoms with Crippen molar-refractivity contribution in [3.63, 3.8) is 0 Å². The van der Waals surface area contributed by atoms with Gasteiger partial charge in [0.05, 0.1) is 4.90 Å². The molecule has 1 aliphatic carbocycles. The number of aryl methyl sites for hydroxylation is 1. The zero-order valence-corrected chi connectivity index (χ0v) is 18.6. The lowest BCUT2D eigenvalue weighted by molar-refractivity contribution is -0.192. The van der Waals surface area contributed by atoms with Gasteiger partial charge >= 0.3 is 12.1 Å². The Morgan fingerprint density at radius 1 is 1.12 bits per heavy atom. The van der Waals surface area contributed by atoms with Gasteiger partial charge in [-0.2, -0.15) is 13.2 Å². The summed E-state index contributed by atoms with van der Waals surface area (Å²) in [5, 5.41) is 8.17. The summed E-state index contributed by atoms with van der Waals surface area (Å²) in [5.41, 5.74) is 3.92. The molecule has 0 atom stereocenters. The van der Waals surface area contributed by atoms with E-state index in [1.807, 2.05) is 25.1 Å². The second kappa shape index (κ2) is 9.92. The molecule has 1 fully saturated rings. The Morgan fingerprint density at radius 2 is 1.73 bits per heavy atom. The van der Waals surface area contributed by atoms with Crippen LogP contribution < -0.4 is 4.72 Å². The van der Waals surface area contributed by atoms with Crippen molar-refractivity contribution in [2.24, 2.45) is 0 Å². The molecule has 0 unspecified atom stereocenters. The molecule has 178 valence electrons. The monoisotopic (exact) mass is 483 g/mol. The van der Waals surface area contributed by atoms with Crippen LogP contribution in [0, 0.1) is 6.92 Å². The number of aromatic nitrogens is 2. The summed E-state index contributed by atoms with van der Waals surface area (Å²) in [6.45, 7) is 2.00. The fourth-order valence-corrected chi connectivity index (χ4v) is 5.04. The highest BCUT2D eigenvalue weighted by atomic mass is 32.2. The summed E-state index contributed by atoms with van der Waals surface area (Å²) in [6.07, 6.45) is 1.94. The van der Waals surface area contributed by atoms with Gasteiger partial charge < -0.3 is 10.1 Å². The van der Waals surface area contributed by atoms with Crippen molar-refractivity contribution in [1.29, 1.82) is 0 Å². The molecule has 0 bridgehead atoms. The van der Waals surface area contributed by atoms with Crippen LogP contribution in [-0.4, -0.2) is 41.7 Å². The number of carboxylic acids is 1. The highest BCUT2D eigenvalue weighted by molar-refractivity contribution is 7.89. The molecule has 3 N–H and O–H groups in total. The predicted molar refractivity (Wildman–Crippen MR) is 117 cm³/mol. The molecule has 0 aliphatic heterocycles. The standard InChI is InChI=1S/C20H23N3O2S.C2HF3O2/c1-14-13-19-18(11-12-21-20(19)22-14)15-7-9-17(10-8-15)26(24,25)23-16-5-3-2-4-6-16;3-2(4,5)1(6)7/h7-13,16,23H,2-6H2,1H3,(H,21,22);(H,6,7). The van der Waals surface area contributed by atoms with Crippen molar-refractivity contribution >= 4 is 27.0 Å². The lowest BCUT2D eigenvalue weighted by Crippen LogP contribution is -2.36. The van der Waals surface area contributed by atoms with E-state index in [0.29, 0.717) is 4.90 Å². The topological polar surface area (TPSA) is 112 Å². The molecular formula is C22H24F3N3O4S. The SMILES string of the molecule is Cc1cc2c(-c3ccc(S(=O)(=O)NC4CCCCC4)cc3)ccnc2[nH]1.O=C(O)C(F)(F)F. The van der Waals surface area contributed by atoms with Crippen LogP contribution in [0.2, 0.25) is 0 Å². The van der Waals surface area contributed by atoms with E-state index in [-0.39, 0.29) is 6.04 Å². The number of rotatable bonds is 4. The number of alkyl halides is 3. The van der Waals surface area contributed by atoms with Gasteiger partial charge in [-0.3, -0.25) is 0 Å². The van der Waals surface area contributed by atoms with Crippen LogP contribution in [0.4, 0.5) is 13.2 Å². The normalized spacial score (nSPS) is 15.2. The lowest BCUT2D eigenvalue weighted by Gasteiger charge is -2.22. The average Bonchev–Trinajstić information content (AvgIpc) is 3.14. The number of nitrogens with one attached hydrogen (secondary N) is 2. The van der Waals surface area contributed by atoms with Crippen molar-refractivity contribution in [3.8, 4) is 11.1 Å². The number of hydrogen-bond donors (Lipinski definition) is 3. The van der Waals surface area contributed by atoms with Gasteiger partial charge in [0, 0.05) is 23.3 Å². The molecular weight excluding hydrogens is 459 g/mol. The van der Waals surface area contributed by atoms with Gasteiger partial charge in [0.2, 0.25) is 10.0 Å². The Bertz CT molecular complexity index is 1220. The first-order chi connectivity index (χ1) is 15.5. The molecule has 2 heterocycles. The largest absolute Gasteiger partial charge is 0.490 e. The van der Waals surface area contributed by atoms with Crippen molar-refractivity contribution in [2.75, 3.05) is 0 Å². The molecule has 4 rings (SSSR count). The first-order valence-electron chi connectivity index (χ1n) is 10.3. The Hall–Kier alpha value is -2.92. The van der Waals surface area contributed by atoms with E-state index >= 15 is 0 Å². The number of aromatic amines is 1. The molecule has 7 nitrogen and oxygen atoms in total. The summed E-state index contributed by atoms with van der Waals surface area (Å²) >= 11 is 0. The first-order valence-corrected chi connectivity index (χ1v) is 11.8. The van der Waals surface area contributed by atoms with Crippen molar-refractivity contribution in [3.05, 3.63) is 48.3 Å². The van der Waals surface area contributed by atoms with E-state index in [9.17, 15) is 21.6 Å². The number of sulfonamides is 1. The number of aliphatic carboxylic acids is 1. The quantitative estimate of drug-likeness (QED) is 0.494. The number of carboxylic acid groups (broad SMARTS) is 1. The van der Waals surface area contributed by atoms with E-state index in [2.05, 4.69) is 20.8 Å². The Morgan fingerprint density at radius 3 is 2.30 bits per heavy atom. The third-order valence-electron chi connectivity index (χ3n) is 5.31. The maximum absolute atomic E-state index is 12.6. The zero-order chi connectivity index (χ0) is 24.2. The van der Waals surface area contributed by atoms with Crippen molar-refractivity contribution < 1.29 is 31.5 Å². The van der Waals surface area contributed by atoms with Crippen LogP contribution in [0.1, 0.15) is 37.8 Å². The molecule has 0 amide bonds. The second-order valence-corrected chi connectivity index (χ2v) is 9.57.